The number of hydrogen-bond donors (Lipinski definition) is 0. The second-order valence-electron chi connectivity index (χ2n) is 8.77. The second kappa shape index (κ2) is 9.87. The molecule has 0 unspecified atom stereocenters. The summed E-state index contributed by atoms with van der Waals surface area (Å²) in [6, 6.07) is 15.5. The smallest absolute Gasteiger partial charge is 0.276 e. The molecule has 1 saturated heterocycles. The van der Waals surface area contributed by atoms with E-state index in [0.717, 1.165) is 17.7 Å². The van der Waals surface area contributed by atoms with Gasteiger partial charge < -0.3 is 19.3 Å². The molecular formula is C26H29N5O4. The third kappa shape index (κ3) is 4.64. The van der Waals surface area contributed by atoms with Gasteiger partial charge in [0.25, 0.3) is 11.8 Å². The van der Waals surface area contributed by atoms with Crippen molar-refractivity contribution >= 4 is 11.8 Å². The molecule has 5 rings (SSSR count). The number of carbonyl (C=O) groups excluding carboxylic acids is 2. The molecule has 2 amide bonds. The highest BCUT2D eigenvalue weighted by atomic mass is 16.5. The first-order valence-corrected chi connectivity index (χ1v) is 11.9. The summed E-state index contributed by atoms with van der Waals surface area (Å²) in [6.45, 7) is 4.72. The number of hydrogen-bond acceptors (Lipinski definition) is 6. The lowest BCUT2D eigenvalue weighted by atomic mass is 10.1. The van der Waals surface area contributed by atoms with Crippen LogP contribution in [0.25, 0.3) is 0 Å². The normalized spacial score (nSPS) is 17.7. The van der Waals surface area contributed by atoms with E-state index in [1.165, 1.54) is 5.56 Å². The molecule has 35 heavy (non-hydrogen) atoms. The van der Waals surface area contributed by atoms with Gasteiger partial charge in [-0.15, -0.1) is 5.10 Å². The zero-order valence-electron chi connectivity index (χ0n) is 20.0. The lowest BCUT2D eigenvalue weighted by Gasteiger charge is -2.34. The summed E-state index contributed by atoms with van der Waals surface area (Å²) in [4.78, 5) is 29.6. The number of amides is 2. The standard InChI is InChI=1S/C26H29N5O4/c1-3-18-4-6-20(7-5-18)25(32)29-12-14-30(15-13-29)26(33)24-22-17-35-23(16-31(22)28-27-24)19-8-10-21(34-2)11-9-19/h4-11,23H,3,12-17H2,1-2H3/t23-/m0/s1. The topological polar surface area (TPSA) is 89.8 Å². The Kier molecular flexibility index (Phi) is 6.50. The zero-order valence-corrected chi connectivity index (χ0v) is 20.0. The van der Waals surface area contributed by atoms with Gasteiger partial charge in [0, 0.05) is 31.7 Å². The van der Waals surface area contributed by atoms with Gasteiger partial charge in [-0.25, -0.2) is 4.68 Å². The molecule has 0 radical (unpaired) electrons. The molecule has 182 valence electrons. The summed E-state index contributed by atoms with van der Waals surface area (Å²) in [5.74, 6) is 0.617. The predicted octanol–water partition coefficient (Wildman–Crippen LogP) is 2.72. The average Bonchev–Trinajstić information content (AvgIpc) is 3.36. The van der Waals surface area contributed by atoms with Crippen molar-refractivity contribution < 1.29 is 19.1 Å². The van der Waals surface area contributed by atoms with Crippen LogP contribution < -0.4 is 4.74 Å². The number of aryl methyl sites for hydroxylation is 1. The van der Waals surface area contributed by atoms with E-state index < -0.39 is 0 Å². The highest BCUT2D eigenvalue weighted by Crippen LogP contribution is 2.28. The van der Waals surface area contributed by atoms with E-state index in [1.54, 1.807) is 21.6 Å². The Balaban J connectivity index is 1.20. The molecule has 0 N–H and O–H groups in total. The molecule has 2 aliphatic rings. The summed E-state index contributed by atoms with van der Waals surface area (Å²) in [5.41, 5.74) is 3.92. The highest BCUT2D eigenvalue weighted by molar-refractivity contribution is 5.95. The van der Waals surface area contributed by atoms with Gasteiger partial charge in [-0.2, -0.15) is 0 Å². The maximum atomic E-state index is 13.2. The molecule has 0 spiro atoms. The van der Waals surface area contributed by atoms with E-state index in [9.17, 15) is 9.59 Å². The average molecular weight is 476 g/mol. The van der Waals surface area contributed by atoms with Crippen LogP contribution in [0, 0.1) is 0 Å². The molecule has 2 aliphatic heterocycles. The van der Waals surface area contributed by atoms with Crippen molar-refractivity contribution in [2.75, 3.05) is 33.3 Å². The number of nitrogens with zero attached hydrogens (tertiary/aromatic N) is 5. The number of piperazine rings is 1. The second-order valence-corrected chi connectivity index (χ2v) is 8.77. The molecule has 0 saturated carbocycles. The van der Waals surface area contributed by atoms with E-state index in [1.807, 2.05) is 48.5 Å². The summed E-state index contributed by atoms with van der Waals surface area (Å²) in [7, 11) is 1.63. The third-order valence-corrected chi connectivity index (χ3v) is 6.75. The van der Waals surface area contributed by atoms with Crippen molar-refractivity contribution in [3.8, 4) is 5.75 Å². The Morgan fingerprint density at radius 1 is 0.971 bits per heavy atom. The van der Waals surface area contributed by atoms with Crippen LogP contribution in [0.15, 0.2) is 48.5 Å². The number of aromatic nitrogens is 3. The summed E-state index contributed by atoms with van der Waals surface area (Å²) >= 11 is 0. The van der Waals surface area contributed by atoms with Gasteiger partial charge in [0.15, 0.2) is 5.69 Å². The molecule has 1 aromatic heterocycles. The molecule has 0 bridgehead atoms. The lowest BCUT2D eigenvalue weighted by Crippen LogP contribution is -2.50. The molecule has 3 heterocycles. The van der Waals surface area contributed by atoms with Crippen LogP contribution in [-0.4, -0.2) is 69.9 Å². The largest absolute Gasteiger partial charge is 0.497 e. The van der Waals surface area contributed by atoms with Crippen LogP contribution in [0.3, 0.4) is 0 Å². The first-order chi connectivity index (χ1) is 17.1. The maximum Gasteiger partial charge on any atom is 0.276 e. The lowest BCUT2D eigenvalue weighted by molar-refractivity contribution is -0.00204. The Labute approximate surface area is 204 Å². The Morgan fingerprint density at radius 2 is 1.63 bits per heavy atom. The number of benzene rings is 2. The van der Waals surface area contributed by atoms with Gasteiger partial charge in [0.05, 0.1) is 26.0 Å². The molecule has 3 aromatic rings. The number of rotatable bonds is 5. The minimum absolute atomic E-state index is 0.00115. The Morgan fingerprint density at radius 3 is 2.26 bits per heavy atom. The van der Waals surface area contributed by atoms with E-state index in [-0.39, 0.29) is 24.5 Å². The maximum absolute atomic E-state index is 13.2. The number of carbonyl (C=O) groups is 2. The monoisotopic (exact) mass is 475 g/mol. The fourth-order valence-corrected chi connectivity index (χ4v) is 4.53. The highest BCUT2D eigenvalue weighted by Gasteiger charge is 2.32. The van der Waals surface area contributed by atoms with Gasteiger partial charge in [0.2, 0.25) is 0 Å². The van der Waals surface area contributed by atoms with Gasteiger partial charge >= 0.3 is 0 Å². The molecular weight excluding hydrogens is 446 g/mol. The molecule has 1 fully saturated rings. The molecule has 1 atom stereocenters. The predicted molar refractivity (Wildman–Crippen MR) is 128 cm³/mol. The molecule has 2 aromatic carbocycles. The summed E-state index contributed by atoms with van der Waals surface area (Å²) in [6.07, 6.45) is 0.772. The molecule has 0 aliphatic carbocycles. The number of methoxy groups -OCH3 is 1. The van der Waals surface area contributed by atoms with Gasteiger partial charge in [0.1, 0.15) is 11.9 Å². The van der Waals surface area contributed by atoms with Crippen LogP contribution in [-0.2, 0) is 24.3 Å². The molecule has 9 heteroatoms. The van der Waals surface area contributed by atoms with Crippen molar-refractivity contribution in [2.24, 2.45) is 0 Å². The van der Waals surface area contributed by atoms with Crippen molar-refractivity contribution in [2.45, 2.75) is 32.6 Å². The number of ether oxygens (including phenoxy) is 2. The van der Waals surface area contributed by atoms with Crippen molar-refractivity contribution in [1.29, 1.82) is 0 Å². The fourth-order valence-electron chi connectivity index (χ4n) is 4.53. The minimum Gasteiger partial charge on any atom is -0.497 e. The van der Waals surface area contributed by atoms with Crippen LogP contribution in [0.1, 0.15) is 50.7 Å². The van der Waals surface area contributed by atoms with Crippen LogP contribution in [0.5, 0.6) is 5.75 Å². The van der Waals surface area contributed by atoms with E-state index in [4.69, 9.17) is 9.47 Å². The van der Waals surface area contributed by atoms with Gasteiger partial charge in [-0.3, -0.25) is 9.59 Å². The van der Waals surface area contributed by atoms with E-state index >= 15 is 0 Å². The van der Waals surface area contributed by atoms with E-state index in [2.05, 4.69) is 17.2 Å². The van der Waals surface area contributed by atoms with Gasteiger partial charge in [-0.1, -0.05) is 36.4 Å². The Hall–Kier alpha value is -3.72. The minimum atomic E-state index is -0.169. The summed E-state index contributed by atoms with van der Waals surface area (Å²) in [5, 5.41) is 8.42. The fraction of sp³-hybridized carbons (Fsp3) is 0.385. The van der Waals surface area contributed by atoms with E-state index in [0.29, 0.717) is 49.7 Å². The zero-order chi connectivity index (χ0) is 24.4. The van der Waals surface area contributed by atoms with Crippen LogP contribution in [0.4, 0.5) is 0 Å². The SMILES string of the molecule is CCc1ccc(C(=O)N2CCN(C(=O)c3nnn4c3CO[C@H](c3ccc(OC)cc3)C4)CC2)cc1. The molecule has 9 nitrogen and oxygen atoms in total. The third-order valence-electron chi connectivity index (χ3n) is 6.75. The quantitative estimate of drug-likeness (QED) is 0.564. The van der Waals surface area contributed by atoms with Crippen LogP contribution >= 0.6 is 0 Å². The number of fused-ring (bicyclic) bond motifs is 1. The van der Waals surface area contributed by atoms with Crippen LogP contribution in [0.2, 0.25) is 0 Å². The van der Waals surface area contributed by atoms with Gasteiger partial charge in [-0.05, 0) is 41.8 Å². The van der Waals surface area contributed by atoms with Crippen molar-refractivity contribution in [3.05, 3.63) is 76.6 Å². The first kappa shape index (κ1) is 23.0. The first-order valence-electron chi connectivity index (χ1n) is 11.9. The van der Waals surface area contributed by atoms with Crippen molar-refractivity contribution in [1.82, 2.24) is 24.8 Å². The van der Waals surface area contributed by atoms with Crippen molar-refractivity contribution in [3.63, 3.8) is 0 Å². The summed E-state index contributed by atoms with van der Waals surface area (Å²) < 4.78 is 13.0. The Bertz CT molecular complexity index is 1200.